The van der Waals surface area contributed by atoms with E-state index in [1.165, 1.54) is 0 Å². The van der Waals surface area contributed by atoms with Gasteiger partial charge in [0.1, 0.15) is 6.54 Å². The fourth-order valence-electron chi connectivity index (χ4n) is 3.21. The summed E-state index contributed by atoms with van der Waals surface area (Å²) in [4.78, 5) is 25.8. The van der Waals surface area contributed by atoms with Gasteiger partial charge in [-0.3, -0.25) is 9.59 Å². The van der Waals surface area contributed by atoms with Gasteiger partial charge in [0.15, 0.2) is 17.5 Å². The van der Waals surface area contributed by atoms with Crippen LogP contribution >= 0.6 is 0 Å². The van der Waals surface area contributed by atoms with Gasteiger partial charge in [-0.15, -0.1) is 0 Å². The minimum atomic E-state index is -0.328. The highest BCUT2D eigenvalue weighted by Gasteiger charge is 2.23. The van der Waals surface area contributed by atoms with Gasteiger partial charge in [0.2, 0.25) is 5.91 Å². The lowest BCUT2D eigenvalue weighted by atomic mass is 10.1. The fourth-order valence-corrected chi connectivity index (χ4v) is 3.21. The minimum absolute atomic E-state index is 0.0689. The van der Waals surface area contributed by atoms with Crippen LogP contribution in [0.1, 0.15) is 23.6 Å². The summed E-state index contributed by atoms with van der Waals surface area (Å²) >= 11 is 0. The highest BCUT2D eigenvalue weighted by atomic mass is 16.5. The van der Waals surface area contributed by atoms with Crippen LogP contribution in [0.3, 0.4) is 0 Å². The number of anilines is 1. The predicted molar refractivity (Wildman–Crippen MR) is 117 cm³/mol. The molecule has 0 saturated heterocycles. The molecule has 0 spiro atoms. The number of carbonyl (C=O) groups is 2. The normalized spacial score (nSPS) is 12.6. The lowest BCUT2D eigenvalue weighted by molar-refractivity contribution is -0.908. The SMILES string of the molecule is COc1ccc(C[NH+](C)[C@H](C)C(=O)NCC(=O)Nc2c(C)cccc2C)cc1OC. The Kier molecular flexibility index (Phi) is 8.24. The maximum Gasteiger partial charge on any atom is 0.278 e. The van der Waals surface area contributed by atoms with E-state index in [-0.39, 0.29) is 24.4 Å². The third-order valence-electron chi connectivity index (χ3n) is 5.23. The number of likely N-dealkylation sites (N-methyl/N-ethyl adjacent to an activating group) is 1. The summed E-state index contributed by atoms with van der Waals surface area (Å²) in [7, 11) is 5.13. The third-order valence-corrected chi connectivity index (χ3v) is 5.23. The monoisotopic (exact) mass is 414 g/mol. The summed E-state index contributed by atoms with van der Waals surface area (Å²) in [5.41, 5.74) is 3.79. The number of nitrogens with one attached hydrogen (secondary N) is 3. The molecule has 162 valence electrons. The van der Waals surface area contributed by atoms with Gasteiger partial charge in [-0.25, -0.2) is 0 Å². The maximum absolute atomic E-state index is 12.5. The van der Waals surface area contributed by atoms with Crippen LogP contribution < -0.4 is 25.0 Å². The molecule has 0 aromatic heterocycles. The number of quaternary nitrogens is 1. The Morgan fingerprint density at radius 1 is 1.03 bits per heavy atom. The smallest absolute Gasteiger partial charge is 0.278 e. The molecule has 2 rings (SSSR count). The molecule has 2 aromatic carbocycles. The van der Waals surface area contributed by atoms with Crippen LogP contribution in [-0.4, -0.2) is 45.7 Å². The van der Waals surface area contributed by atoms with Gasteiger partial charge in [-0.2, -0.15) is 0 Å². The first-order valence-electron chi connectivity index (χ1n) is 9.93. The van der Waals surface area contributed by atoms with Crippen molar-refractivity contribution in [2.75, 3.05) is 33.1 Å². The minimum Gasteiger partial charge on any atom is -0.493 e. The number of benzene rings is 2. The highest BCUT2D eigenvalue weighted by molar-refractivity contribution is 5.96. The van der Waals surface area contributed by atoms with Crippen molar-refractivity contribution in [2.24, 2.45) is 0 Å². The van der Waals surface area contributed by atoms with Crippen LogP contribution in [0.5, 0.6) is 11.5 Å². The molecule has 2 aromatic rings. The van der Waals surface area contributed by atoms with Crippen LogP contribution in [-0.2, 0) is 16.1 Å². The summed E-state index contributed by atoms with van der Waals surface area (Å²) in [6, 6.07) is 11.2. The van der Waals surface area contributed by atoms with Gasteiger partial charge in [-0.1, -0.05) is 18.2 Å². The zero-order valence-corrected chi connectivity index (χ0v) is 18.6. The second-order valence-electron chi connectivity index (χ2n) is 7.47. The molecule has 0 radical (unpaired) electrons. The predicted octanol–water partition coefficient (Wildman–Crippen LogP) is 1.48. The van der Waals surface area contributed by atoms with Gasteiger partial charge in [0.25, 0.3) is 5.91 Å². The third kappa shape index (κ3) is 5.97. The van der Waals surface area contributed by atoms with Crippen molar-refractivity contribution < 1.29 is 24.0 Å². The number of hydrogen-bond acceptors (Lipinski definition) is 4. The van der Waals surface area contributed by atoms with E-state index < -0.39 is 0 Å². The average molecular weight is 415 g/mol. The Morgan fingerprint density at radius 3 is 2.27 bits per heavy atom. The topological polar surface area (TPSA) is 81.1 Å². The summed E-state index contributed by atoms with van der Waals surface area (Å²) in [6.07, 6.45) is 0. The number of methoxy groups -OCH3 is 2. The van der Waals surface area contributed by atoms with E-state index in [1.807, 2.05) is 64.2 Å². The van der Waals surface area contributed by atoms with E-state index in [2.05, 4.69) is 10.6 Å². The second kappa shape index (κ2) is 10.6. The lowest BCUT2D eigenvalue weighted by Gasteiger charge is -2.21. The Morgan fingerprint density at radius 2 is 1.67 bits per heavy atom. The molecule has 0 heterocycles. The molecule has 2 amide bonds. The number of aryl methyl sites for hydroxylation is 2. The quantitative estimate of drug-likeness (QED) is 0.581. The maximum atomic E-state index is 12.5. The number of para-hydroxylation sites is 1. The Hall–Kier alpha value is -3.06. The zero-order chi connectivity index (χ0) is 22.3. The van der Waals surface area contributed by atoms with Crippen molar-refractivity contribution in [3.63, 3.8) is 0 Å². The number of amides is 2. The molecule has 0 saturated carbocycles. The van der Waals surface area contributed by atoms with Gasteiger partial charge in [0.05, 0.1) is 27.8 Å². The first-order valence-corrected chi connectivity index (χ1v) is 9.93. The summed E-state index contributed by atoms with van der Waals surface area (Å²) < 4.78 is 10.6. The second-order valence-corrected chi connectivity index (χ2v) is 7.47. The molecular weight excluding hydrogens is 382 g/mol. The van der Waals surface area contributed by atoms with E-state index in [1.54, 1.807) is 14.2 Å². The van der Waals surface area contributed by atoms with Crippen LogP contribution in [0.4, 0.5) is 5.69 Å². The van der Waals surface area contributed by atoms with Gasteiger partial charge in [0, 0.05) is 11.3 Å². The van der Waals surface area contributed by atoms with Crippen molar-refractivity contribution in [2.45, 2.75) is 33.4 Å². The molecule has 7 heteroatoms. The molecule has 0 aliphatic carbocycles. The molecular formula is C23H32N3O4+. The van der Waals surface area contributed by atoms with Crippen molar-refractivity contribution in [1.82, 2.24) is 5.32 Å². The molecule has 0 aliphatic rings. The first-order chi connectivity index (χ1) is 14.3. The molecule has 30 heavy (non-hydrogen) atoms. The van der Waals surface area contributed by atoms with Crippen LogP contribution in [0.15, 0.2) is 36.4 Å². The standard InChI is InChI=1S/C23H31N3O4/c1-15-8-7-9-16(2)22(15)25-21(27)13-24-23(28)17(3)26(4)14-18-10-11-19(29-5)20(12-18)30-6/h7-12,17H,13-14H2,1-6H3,(H,24,28)(H,25,27)/p+1/t17-/m1/s1. The van der Waals surface area contributed by atoms with Crippen LogP contribution in [0, 0.1) is 13.8 Å². The summed E-state index contributed by atoms with van der Waals surface area (Å²) in [5.74, 6) is 0.901. The van der Waals surface area contributed by atoms with Gasteiger partial charge < -0.3 is 25.0 Å². The van der Waals surface area contributed by atoms with E-state index in [9.17, 15) is 9.59 Å². The molecule has 0 aliphatic heterocycles. The largest absolute Gasteiger partial charge is 0.493 e. The molecule has 2 atom stereocenters. The van der Waals surface area contributed by atoms with Crippen molar-refractivity contribution in [3.8, 4) is 11.5 Å². The van der Waals surface area contributed by atoms with E-state index in [4.69, 9.17) is 9.47 Å². The van der Waals surface area contributed by atoms with Gasteiger partial charge >= 0.3 is 0 Å². The number of hydrogen-bond donors (Lipinski definition) is 3. The molecule has 0 bridgehead atoms. The molecule has 1 unspecified atom stereocenters. The summed E-state index contributed by atoms with van der Waals surface area (Å²) in [6.45, 7) is 6.28. The average Bonchev–Trinajstić information content (AvgIpc) is 2.73. The van der Waals surface area contributed by atoms with E-state index >= 15 is 0 Å². The zero-order valence-electron chi connectivity index (χ0n) is 18.6. The highest BCUT2D eigenvalue weighted by Crippen LogP contribution is 2.27. The fraction of sp³-hybridized carbons (Fsp3) is 0.391. The van der Waals surface area contributed by atoms with Crippen molar-refractivity contribution in [3.05, 3.63) is 53.1 Å². The molecule has 3 N–H and O–H groups in total. The summed E-state index contributed by atoms with van der Waals surface area (Å²) in [5, 5.41) is 5.61. The molecule has 7 nitrogen and oxygen atoms in total. The molecule has 0 fully saturated rings. The lowest BCUT2D eigenvalue weighted by Crippen LogP contribution is -3.12. The van der Waals surface area contributed by atoms with Crippen molar-refractivity contribution >= 4 is 17.5 Å². The van der Waals surface area contributed by atoms with Crippen LogP contribution in [0.25, 0.3) is 0 Å². The Balaban J connectivity index is 1.90. The number of ether oxygens (including phenoxy) is 2. The van der Waals surface area contributed by atoms with Crippen molar-refractivity contribution in [1.29, 1.82) is 0 Å². The number of rotatable bonds is 9. The number of carbonyl (C=O) groups excluding carboxylic acids is 2. The van der Waals surface area contributed by atoms with Gasteiger partial charge in [-0.05, 0) is 50.1 Å². The van der Waals surface area contributed by atoms with E-state index in [0.717, 1.165) is 27.3 Å². The Bertz CT molecular complexity index is 878. The Labute approximate surface area is 178 Å². The first kappa shape index (κ1) is 23.2. The van der Waals surface area contributed by atoms with E-state index in [0.29, 0.717) is 18.0 Å². The van der Waals surface area contributed by atoms with Crippen LogP contribution in [0.2, 0.25) is 0 Å².